The van der Waals surface area contributed by atoms with Crippen molar-refractivity contribution in [1.29, 1.82) is 0 Å². The minimum Gasteiger partial charge on any atom is -0.311 e. The lowest BCUT2D eigenvalue weighted by Gasteiger charge is -2.35. The zero-order valence-electron chi connectivity index (χ0n) is 10.6. The lowest BCUT2D eigenvalue weighted by molar-refractivity contribution is 0.177. The first kappa shape index (κ1) is 13.5. The van der Waals surface area contributed by atoms with E-state index < -0.39 is 0 Å². The third kappa shape index (κ3) is 4.05. The Balaban J connectivity index is 1.79. The van der Waals surface area contributed by atoms with Gasteiger partial charge in [-0.1, -0.05) is 13.8 Å². The first-order valence-corrected chi connectivity index (χ1v) is 7.96. The van der Waals surface area contributed by atoms with Crippen LogP contribution in [0.5, 0.6) is 0 Å². The van der Waals surface area contributed by atoms with Gasteiger partial charge in [-0.2, -0.15) is 0 Å². The highest BCUT2D eigenvalue weighted by Crippen LogP contribution is 2.22. The van der Waals surface area contributed by atoms with Gasteiger partial charge in [0.1, 0.15) is 0 Å². The first-order chi connectivity index (χ1) is 8.15. The van der Waals surface area contributed by atoms with Crippen molar-refractivity contribution in [3.8, 4) is 0 Å². The summed E-state index contributed by atoms with van der Waals surface area (Å²) in [6.45, 7) is 9.32. The molecule has 1 aliphatic rings. The van der Waals surface area contributed by atoms with E-state index in [1.54, 1.807) is 0 Å². The Morgan fingerprint density at radius 1 is 1.53 bits per heavy atom. The predicted molar refractivity (Wildman–Crippen MR) is 78.8 cm³/mol. The lowest BCUT2D eigenvalue weighted by Crippen LogP contribution is -2.53. The number of hydrogen-bond donors (Lipinski definition) is 1. The molecule has 0 aliphatic carbocycles. The maximum Gasteiger partial charge on any atom is 0.0701 e. The molecule has 0 radical (unpaired) electrons. The maximum absolute atomic E-state index is 3.60. The molecule has 2 nitrogen and oxygen atoms in total. The van der Waals surface area contributed by atoms with Crippen molar-refractivity contribution in [2.75, 3.05) is 26.2 Å². The summed E-state index contributed by atoms with van der Waals surface area (Å²) < 4.78 is 1.24. The third-order valence-corrected chi connectivity index (χ3v) is 5.08. The fourth-order valence-electron chi connectivity index (χ4n) is 2.25. The van der Waals surface area contributed by atoms with Crippen LogP contribution in [0.1, 0.15) is 18.7 Å². The van der Waals surface area contributed by atoms with Crippen LogP contribution in [-0.2, 0) is 6.42 Å². The number of nitrogens with zero attached hydrogens (tertiary/aromatic N) is 1. The topological polar surface area (TPSA) is 15.3 Å². The molecule has 1 fully saturated rings. The molecule has 1 unspecified atom stereocenters. The van der Waals surface area contributed by atoms with Crippen molar-refractivity contribution in [3.63, 3.8) is 0 Å². The van der Waals surface area contributed by atoms with E-state index in [1.165, 1.54) is 34.7 Å². The number of halogens is 1. The van der Waals surface area contributed by atoms with Crippen LogP contribution in [0.25, 0.3) is 0 Å². The quantitative estimate of drug-likeness (QED) is 0.918. The second kappa shape index (κ2) is 6.32. The van der Waals surface area contributed by atoms with Crippen LogP contribution in [0.3, 0.4) is 0 Å². The molecule has 2 rings (SSSR count). The van der Waals surface area contributed by atoms with E-state index in [0.29, 0.717) is 6.04 Å². The van der Waals surface area contributed by atoms with Gasteiger partial charge < -0.3 is 10.2 Å². The Bertz CT molecular complexity index is 351. The van der Waals surface area contributed by atoms with Gasteiger partial charge in [-0.3, -0.25) is 0 Å². The van der Waals surface area contributed by atoms with Gasteiger partial charge in [0.2, 0.25) is 0 Å². The third-order valence-electron chi connectivity index (χ3n) is 3.40. The number of hydrogen-bond acceptors (Lipinski definition) is 3. The summed E-state index contributed by atoms with van der Waals surface area (Å²) in [4.78, 5) is 4.07. The molecule has 1 aromatic heterocycles. The molecule has 0 bridgehead atoms. The Morgan fingerprint density at radius 3 is 3.00 bits per heavy atom. The van der Waals surface area contributed by atoms with Crippen molar-refractivity contribution >= 4 is 27.3 Å². The van der Waals surface area contributed by atoms with E-state index >= 15 is 0 Å². The second-order valence-electron chi connectivity index (χ2n) is 5.06. The molecule has 1 saturated heterocycles. The van der Waals surface area contributed by atoms with Crippen LogP contribution in [-0.4, -0.2) is 37.1 Å². The van der Waals surface area contributed by atoms with E-state index in [9.17, 15) is 0 Å². The highest BCUT2D eigenvalue weighted by Gasteiger charge is 2.21. The monoisotopic (exact) mass is 316 g/mol. The van der Waals surface area contributed by atoms with Gasteiger partial charge >= 0.3 is 0 Å². The van der Waals surface area contributed by atoms with Crippen LogP contribution in [0, 0.1) is 5.92 Å². The SMILES string of the molecule is CC(C)C1CN(CCc2ccc(Br)s2)CCN1. The standard InChI is InChI=1S/C13H21BrN2S/c1-10(2)12-9-16(8-6-15-12)7-5-11-3-4-13(14)17-11/h3-4,10,12,15H,5-9H2,1-2H3. The predicted octanol–water partition coefficient (Wildman–Crippen LogP) is 2.98. The lowest BCUT2D eigenvalue weighted by atomic mass is 10.0. The Kier molecular flexibility index (Phi) is 5.03. The number of piperazine rings is 1. The molecule has 0 spiro atoms. The molecular weight excluding hydrogens is 296 g/mol. The fraction of sp³-hybridized carbons (Fsp3) is 0.692. The second-order valence-corrected chi connectivity index (χ2v) is 7.61. The summed E-state index contributed by atoms with van der Waals surface area (Å²) in [5.41, 5.74) is 0. The van der Waals surface area contributed by atoms with Crippen molar-refractivity contribution in [1.82, 2.24) is 10.2 Å². The molecular formula is C13H21BrN2S. The molecule has 1 aromatic rings. The molecule has 1 N–H and O–H groups in total. The largest absolute Gasteiger partial charge is 0.311 e. The number of nitrogens with one attached hydrogen (secondary N) is 1. The van der Waals surface area contributed by atoms with Gasteiger partial charge in [-0.05, 0) is 40.4 Å². The number of rotatable bonds is 4. The van der Waals surface area contributed by atoms with Gasteiger partial charge in [0.15, 0.2) is 0 Å². The van der Waals surface area contributed by atoms with Crippen LogP contribution in [0.4, 0.5) is 0 Å². The van der Waals surface area contributed by atoms with E-state index in [-0.39, 0.29) is 0 Å². The highest BCUT2D eigenvalue weighted by molar-refractivity contribution is 9.11. The van der Waals surface area contributed by atoms with Crippen molar-refractivity contribution in [2.45, 2.75) is 26.3 Å². The van der Waals surface area contributed by atoms with Crippen molar-refractivity contribution < 1.29 is 0 Å². The zero-order valence-corrected chi connectivity index (χ0v) is 13.0. The maximum atomic E-state index is 3.60. The van der Waals surface area contributed by atoms with E-state index in [4.69, 9.17) is 0 Å². The van der Waals surface area contributed by atoms with Crippen LogP contribution < -0.4 is 5.32 Å². The summed E-state index contributed by atoms with van der Waals surface area (Å²) in [5, 5.41) is 3.60. The van der Waals surface area contributed by atoms with Gasteiger partial charge in [0.05, 0.1) is 3.79 Å². The fourth-order valence-corrected chi connectivity index (χ4v) is 3.72. The van der Waals surface area contributed by atoms with Gasteiger partial charge in [0.25, 0.3) is 0 Å². The van der Waals surface area contributed by atoms with E-state index in [1.807, 2.05) is 11.3 Å². The van der Waals surface area contributed by atoms with Gasteiger partial charge in [-0.25, -0.2) is 0 Å². The molecule has 17 heavy (non-hydrogen) atoms. The summed E-state index contributed by atoms with van der Waals surface area (Å²) in [6.07, 6.45) is 1.18. The molecule has 96 valence electrons. The van der Waals surface area contributed by atoms with Gasteiger partial charge in [-0.15, -0.1) is 11.3 Å². The van der Waals surface area contributed by atoms with E-state index in [0.717, 1.165) is 12.5 Å². The smallest absolute Gasteiger partial charge is 0.0701 e. The van der Waals surface area contributed by atoms with Crippen LogP contribution in [0.2, 0.25) is 0 Å². The van der Waals surface area contributed by atoms with Gasteiger partial charge in [0, 0.05) is 37.1 Å². The molecule has 1 aliphatic heterocycles. The molecule has 0 aromatic carbocycles. The highest BCUT2D eigenvalue weighted by atomic mass is 79.9. The molecule has 0 saturated carbocycles. The summed E-state index contributed by atoms with van der Waals surface area (Å²) in [6, 6.07) is 5.05. The van der Waals surface area contributed by atoms with E-state index in [2.05, 4.69) is 52.1 Å². The molecule has 4 heteroatoms. The normalized spacial score (nSPS) is 22.2. The van der Waals surface area contributed by atoms with Crippen LogP contribution in [0.15, 0.2) is 15.9 Å². The minimum atomic E-state index is 0.666. The van der Waals surface area contributed by atoms with Crippen molar-refractivity contribution in [3.05, 3.63) is 20.8 Å². The molecule has 1 atom stereocenters. The summed E-state index contributed by atoms with van der Waals surface area (Å²) >= 11 is 5.38. The Morgan fingerprint density at radius 2 is 2.35 bits per heavy atom. The first-order valence-electron chi connectivity index (χ1n) is 6.35. The average molecular weight is 317 g/mol. The summed E-state index contributed by atoms with van der Waals surface area (Å²) in [7, 11) is 0. The average Bonchev–Trinajstić information content (AvgIpc) is 2.73. The Hall–Kier alpha value is 0.1000. The minimum absolute atomic E-state index is 0.666. The molecule has 2 heterocycles. The zero-order chi connectivity index (χ0) is 12.3. The van der Waals surface area contributed by atoms with Crippen molar-refractivity contribution in [2.24, 2.45) is 5.92 Å². The van der Waals surface area contributed by atoms with Crippen LogP contribution >= 0.6 is 27.3 Å². The molecule has 0 amide bonds. The number of thiophene rings is 1. The Labute approximate surface area is 117 Å². The summed E-state index contributed by atoms with van der Waals surface area (Å²) in [5.74, 6) is 0.730.